The van der Waals surface area contributed by atoms with E-state index in [1.807, 2.05) is 17.5 Å². The van der Waals surface area contributed by atoms with Crippen LogP contribution in [0, 0.1) is 0 Å². The Morgan fingerprint density at radius 3 is 2.85 bits per heavy atom. The van der Waals surface area contributed by atoms with Crippen LogP contribution in [0.15, 0.2) is 40.1 Å². The average molecular weight is 389 g/mol. The summed E-state index contributed by atoms with van der Waals surface area (Å²) in [4.78, 5) is 13.3. The first-order valence-electron chi connectivity index (χ1n) is 8.15. The van der Waals surface area contributed by atoms with E-state index >= 15 is 0 Å². The summed E-state index contributed by atoms with van der Waals surface area (Å²) in [6, 6.07) is 8.80. The maximum Gasteiger partial charge on any atom is 0.257 e. The van der Waals surface area contributed by atoms with Crippen LogP contribution in [0.3, 0.4) is 0 Å². The topological polar surface area (TPSA) is 95.7 Å². The lowest BCUT2D eigenvalue weighted by Gasteiger charge is -2.11. The van der Waals surface area contributed by atoms with E-state index in [2.05, 4.69) is 15.5 Å². The quantitative estimate of drug-likeness (QED) is 0.562. The number of carbonyl (C=O) groups excluding carboxylic acids is 1. The van der Waals surface area contributed by atoms with Crippen LogP contribution in [-0.2, 0) is 11.3 Å². The molecule has 0 aliphatic rings. The van der Waals surface area contributed by atoms with Gasteiger partial charge in [0, 0.05) is 13.2 Å². The summed E-state index contributed by atoms with van der Waals surface area (Å²) in [6.45, 7) is 1.00. The lowest BCUT2D eigenvalue weighted by molar-refractivity contribution is 0.0944. The van der Waals surface area contributed by atoms with Crippen LogP contribution < -0.4 is 14.8 Å². The SMILES string of the molecule is COCCOc1ccc(C(=O)NCc2nnc(-c3cccs3)o2)c(OC)c1. The minimum atomic E-state index is -0.314. The number of thiophene rings is 1. The van der Waals surface area contributed by atoms with Gasteiger partial charge in [0.25, 0.3) is 11.8 Å². The average Bonchev–Trinajstić information content (AvgIpc) is 3.37. The van der Waals surface area contributed by atoms with Crippen molar-refractivity contribution in [3.63, 3.8) is 0 Å². The normalized spacial score (nSPS) is 10.6. The second-order valence-electron chi connectivity index (χ2n) is 5.36. The highest BCUT2D eigenvalue weighted by molar-refractivity contribution is 7.13. The molecule has 0 atom stereocenters. The number of amides is 1. The smallest absolute Gasteiger partial charge is 0.257 e. The number of methoxy groups -OCH3 is 2. The van der Waals surface area contributed by atoms with Crippen molar-refractivity contribution >= 4 is 17.2 Å². The molecule has 0 unspecified atom stereocenters. The Morgan fingerprint density at radius 1 is 1.22 bits per heavy atom. The number of ether oxygens (including phenoxy) is 3. The third-order valence-electron chi connectivity index (χ3n) is 3.57. The Hall–Kier alpha value is -2.91. The molecule has 9 heteroatoms. The van der Waals surface area contributed by atoms with Crippen molar-refractivity contribution in [1.29, 1.82) is 0 Å². The maximum atomic E-state index is 12.5. The second kappa shape index (κ2) is 9.15. The van der Waals surface area contributed by atoms with E-state index in [0.717, 1.165) is 4.88 Å². The van der Waals surface area contributed by atoms with Gasteiger partial charge in [-0.1, -0.05) is 6.07 Å². The van der Waals surface area contributed by atoms with E-state index in [0.29, 0.717) is 42.1 Å². The van der Waals surface area contributed by atoms with Gasteiger partial charge in [0.15, 0.2) is 0 Å². The van der Waals surface area contributed by atoms with Crippen molar-refractivity contribution in [3.05, 3.63) is 47.2 Å². The summed E-state index contributed by atoms with van der Waals surface area (Å²) in [7, 11) is 3.10. The number of nitrogens with zero attached hydrogens (tertiary/aromatic N) is 2. The molecule has 2 heterocycles. The molecule has 0 bridgehead atoms. The summed E-state index contributed by atoms with van der Waals surface area (Å²) < 4.78 is 21.3. The molecule has 3 aromatic rings. The van der Waals surface area contributed by atoms with E-state index in [4.69, 9.17) is 18.6 Å². The first kappa shape index (κ1) is 18.9. The fraction of sp³-hybridized carbons (Fsp3) is 0.278. The summed E-state index contributed by atoms with van der Waals surface area (Å²) in [6.07, 6.45) is 0. The lowest BCUT2D eigenvalue weighted by Crippen LogP contribution is -2.23. The second-order valence-corrected chi connectivity index (χ2v) is 6.31. The molecular weight excluding hydrogens is 370 g/mol. The predicted octanol–water partition coefficient (Wildman–Crippen LogP) is 2.76. The van der Waals surface area contributed by atoms with Gasteiger partial charge in [-0.15, -0.1) is 21.5 Å². The van der Waals surface area contributed by atoms with Crippen LogP contribution in [0.1, 0.15) is 16.2 Å². The number of hydrogen-bond donors (Lipinski definition) is 1. The first-order chi connectivity index (χ1) is 13.2. The standard InChI is InChI=1S/C18H19N3O5S/c1-23-7-8-25-12-5-6-13(14(10-12)24-2)17(22)19-11-16-20-21-18(26-16)15-4-3-9-27-15/h3-6,9-10H,7-8,11H2,1-2H3,(H,19,22). The molecule has 0 aliphatic carbocycles. The molecule has 0 saturated heterocycles. The van der Waals surface area contributed by atoms with E-state index in [9.17, 15) is 4.79 Å². The van der Waals surface area contributed by atoms with Gasteiger partial charge in [-0.2, -0.15) is 0 Å². The highest BCUT2D eigenvalue weighted by Gasteiger charge is 2.15. The molecule has 0 saturated carbocycles. The molecule has 1 amide bonds. The molecule has 0 aliphatic heterocycles. The Bertz CT molecular complexity index is 879. The number of hydrogen-bond acceptors (Lipinski definition) is 8. The number of nitrogens with one attached hydrogen (secondary N) is 1. The van der Waals surface area contributed by atoms with Crippen molar-refractivity contribution in [3.8, 4) is 22.3 Å². The fourth-order valence-corrected chi connectivity index (χ4v) is 2.91. The highest BCUT2D eigenvalue weighted by atomic mass is 32.1. The maximum absolute atomic E-state index is 12.5. The van der Waals surface area contributed by atoms with Gasteiger partial charge >= 0.3 is 0 Å². The minimum Gasteiger partial charge on any atom is -0.496 e. The lowest BCUT2D eigenvalue weighted by atomic mass is 10.1. The summed E-state index contributed by atoms with van der Waals surface area (Å²) in [5, 5.41) is 12.6. The largest absolute Gasteiger partial charge is 0.496 e. The number of rotatable bonds is 9. The van der Waals surface area contributed by atoms with Gasteiger partial charge in [-0.3, -0.25) is 4.79 Å². The van der Waals surface area contributed by atoms with Crippen LogP contribution in [-0.4, -0.2) is 43.5 Å². The number of benzene rings is 1. The van der Waals surface area contributed by atoms with E-state index < -0.39 is 0 Å². The van der Waals surface area contributed by atoms with Gasteiger partial charge in [0.05, 0.1) is 30.7 Å². The van der Waals surface area contributed by atoms with Gasteiger partial charge in [-0.05, 0) is 23.6 Å². The third-order valence-corrected chi connectivity index (χ3v) is 4.43. The molecule has 142 valence electrons. The van der Waals surface area contributed by atoms with Crippen molar-refractivity contribution in [1.82, 2.24) is 15.5 Å². The molecule has 1 aromatic carbocycles. The summed E-state index contributed by atoms with van der Waals surface area (Å²) in [5.41, 5.74) is 0.384. The van der Waals surface area contributed by atoms with Crippen LogP contribution in [0.25, 0.3) is 10.8 Å². The van der Waals surface area contributed by atoms with Crippen LogP contribution >= 0.6 is 11.3 Å². The highest BCUT2D eigenvalue weighted by Crippen LogP contribution is 2.25. The van der Waals surface area contributed by atoms with Gasteiger partial charge in [-0.25, -0.2) is 0 Å². The fourth-order valence-electron chi connectivity index (χ4n) is 2.27. The van der Waals surface area contributed by atoms with Crippen molar-refractivity contribution in [2.45, 2.75) is 6.54 Å². The molecule has 2 aromatic heterocycles. The van der Waals surface area contributed by atoms with Gasteiger partial charge < -0.3 is 23.9 Å². The van der Waals surface area contributed by atoms with Crippen molar-refractivity contribution in [2.75, 3.05) is 27.4 Å². The Morgan fingerprint density at radius 2 is 2.11 bits per heavy atom. The van der Waals surface area contributed by atoms with Crippen LogP contribution in [0.5, 0.6) is 11.5 Å². The molecule has 1 N–H and O–H groups in total. The summed E-state index contributed by atoms with van der Waals surface area (Å²) >= 11 is 1.50. The van der Waals surface area contributed by atoms with Crippen molar-refractivity contribution < 1.29 is 23.4 Å². The van der Waals surface area contributed by atoms with E-state index in [1.54, 1.807) is 25.3 Å². The van der Waals surface area contributed by atoms with E-state index in [-0.39, 0.29) is 12.5 Å². The molecule has 0 spiro atoms. The first-order valence-corrected chi connectivity index (χ1v) is 9.03. The summed E-state index contributed by atoms with van der Waals surface area (Å²) in [5.74, 6) is 1.45. The Labute approximate surface area is 160 Å². The number of carbonyl (C=O) groups is 1. The molecule has 8 nitrogen and oxygen atoms in total. The van der Waals surface area contributed by atoms with Crippen molar-refractivity contribution in [2.24, 2.45) is 0 Å². The molecule has 3 rings (SSSR count). The monoisotopic (exact) mass is 389 g/mol. The molecular formula is C18H19N3O5S. The Kier molecular flexibility index (Phi) is 6.39. The number of aromatic nitrogens is 2. The van der Waals surface area contributed by atoms with Crippen LogP contribution in [0.2, 0.25) is 0 Å². The molecule has 0 radical (unpaired) electrons. The van der Waals surface area contributed by atoms with Gasteiger partial charge in [0.1, 0.15) is 18.1 Å². The minimum absolute atomic E-state index is 0.118. The van der Waals surface area contributed by atoms with E-state index in [1.165, 1.54) is 18.4 Å². The molecule has 27 heavy (non-hydrogen) atoms. The Balaban J connectivity index is 1.62. The molecule has 0 fully saturated rings. The van der Waals surface area contributed by atoms with Gasteiger partial charge in [0.2, 0.25) is 5.89 Å². The third kappa shape index (κ3) is 4.83. The zero-order valence-corrected chi connectivity index (χ0v) is 15.7. The zero-order valence-electron chi connectivity index (χ0n) is 14.9. The zero-order chi connectivity index (χ0) is 19.1. The predicted molar refractivity (Wildman–Crippen MR) is 99.1 cm³/mol. The van der Waals surface area contributed by atoms with Crippen LogP contribution in [0.4, 0.5) is 0 Å².